The van der Waals surface area contributed by atoms with Crippen molar-refractivity contribution in [3.63, 3.8) is 0 Å². The van der Waals surface area contributed by atoms with E-state index in [2.05, 4.69) is 77.2 Å². The molecule has 0 radical (unpaired) electrons. The molecule has 0 saturated heterocycles. The molecule has 0 saturated carbocycles. The molecule has 0 unspecified atom stereocenters. The molecule has 0 aliphatic heterocycles. The zero-order valence-corrected chi connectivity index (χ0v) is 29.7. The first-order valence-corrected chi connectivity index (χ1v) is 18.5. The summed E-state index contributed by atoms with van der Waals surface area (Å²) in [6, 6.07) is 9.30. The zero-order chi connectivity index (χ0) is 30.5. The standard InChI is InChI=1S/C13H9BrClN3O4S2.C8H4Br2ClN3O2S2/c14-9-6-16-12(13(17-9)22-7-8-2-1-5-21-8)18-24(19,20)11-4-3-10(15)23-11;9-4-3-12-8(7(10)13-4)14-18(15,16)6-2-1-5(11)17-6/h1-6H,7H2,(H,16,18);1-3H,(H,12,14). The van der Waals surface area contributed by atoms with Gasteiger partial charge in [-0.1, -0.05) is 23.2 Å². The number of anilines is 2. The number of ether oxygens (including phenoxy) is 1. The minimum Gasteiger partial charge on any atom is -0.467 e. The summed E-state index contributed by atoms with van der Waals surface area (Å²) in [5, 5.41) is 0. The molecule has 0 aliphatic carbocycles. The predicted octanol–water partition coefficient (Wildman–Crippen LogP) is 7.44. The molecule has 0 spiro atoms. The number of rotatable bonds is 9. The number of nitrogens with one attached hydrogen (secondary N) is 2. The maximum atomic E-state index is 12.4. The molecule has 0 bridgehead atoms. The third-order valence-corrected chi connectivity index (χ3v) is 11.9. The van der Waals surface area contributed by atoms with E-state index in [4.69, 9.17) is 32.4 Å². The topological polar surface area (TPSA) is 166 Å². The first kappa shape index (κ1) is 33.1. The fourth-order valence-electron chi connectivity index (χ4n) is 2.71. The Kier molecular flexibility index (Phi) is 11.3. The van der Waals surface area contributed by atoms with E-state index >= 15 is 0 Å². The number of furan rings is 1. The number of halogens is 5. The van der Waals surface area contributed by atoms with E-state index in [-0.39, 0.29) is 32.5 Å². The summed E-state index contributed by atoms with van der Waals surface area (Å²) in [7, 11) is -7.53. The van der Waals surface area contributed by atoms with Crippen molar-refractivity contribution in [1.29, 1.82) is 0 Å². The smallest absolute Gasteiger partial charge is 0.272 e. The van der Waals surface area contributed by atoms with Crippen molar-refractivity contribution in [1.82, 2.24) is 19.9 Å². The van der Waals surface area contributed by atoms with Crippen LogP contribution in [0, 0.1) is 0 Å². The van der Waals surface area contributed by atoms with E-state index < -0.39 is 20.0 Å². The Hall–Kier alpha value is -1.84. The van der Waals surface area contributed by atoms with Crippen molar-refractivity contribution in [3.05, 3.63) is 83.3 Å². The quantitative estimate of drug-likeness (QED) is 0.152. The molecule has 5 aromatic rings. The van der Waals surface area contributed by atoms with Crippen LogP contribution in [0.25, 0.3) is 0 Å². The molecule has 5 heterocycles. The van der Waals surface area contributed by atoms with Gasteiger partial charge in [0, 0.05) is 0 Å². The average molecular weight is 884 g/mol. The third-order valence-electron chi connectivity index (χ3n) is 4.43. The maximum absolute atomic E-state index is 12.4. The monoisotopic (exact) mass is 880 g/mol. The van der Waals surface area contributed by atoms with Crippen LogP contribution in [0.5, 0.6) is 5.88 Å². The van der Waals surface area contributed by atoms with Crippen LogP contribution in [0.4, 0.5) is 11.6 Å². The van der Waals surface area contributed by atoms with Crippen molar-refractivity contribution in [2.45, 2.75) is 15.0 Å². The Morgan fingerprint density at radius 3 is 1.86 bits per heavy atom. The van der Waals surface area contributed by atoms with E-state index in [1.807, 2.05) is 0 Å². The molecule has 12 nitrogen and oxygen atoms in total. The second kappa shape index (κ2) is 14.3. The Bertz CT molecular complexity index is 1910. The normalized spacial score (nSPS) is 11.5. The van der Waals surface area contributed by atoms with Crippen LogP contribution < -0.4 is 14.2 Å². The molecule has 42 heavy (non-hydrogen) atoms. The molecular formula is C21H13Br3Cl2N6O6S4. The molecule has 5 rings (SSSR count). The van der Waals surface area contributed by atoms with Crippen molar-refractivity contribution in [2.75, 3.05) is 9.44 Å². The highest BCUT2D eigenvalue weighted by Crippen LogP contribution is 2.30. The van der Waals surface area contributed by atoms with Crippen LogP contribution >= 0.6 is 93.7 Å². The Morgan fingerprint density at radius 1 is 0.810 bits per heavy atom. The Labute approximate surface area is 282 Å². The van der Waals surface area contributed by atoms with Crippen LogP contribution in [0.15, 0.2) is 81.7 Å². The van der Waals surface area contributed by atoms with Gasteiger partial charge in [0.25, 0.3) is 25.9 Å². The largest absolute Gasteiger partial charge is 0.467 e. The number of nitrogens with zero attached hydrogens (tertiary/aromatic N) is 4. The van der Waals surface area contributed by atoms with Gasteiger partial charge in [-0.3, -0.25) is 9.44 Å². The predicted molar refractivity (Wildman–Crippen MR) is 170 cm³/mol. The van der Waals surface area contributed by atoms with E-state index in [0.717, 1.165) is 22.7 Å². The Balaban J connectivity index is 0.000000201. The lowest BCUT2D eigenvalue weighted by molar-refractivity contribution is 0.261. The van der Waals surface area contributed by atoms with E-state index in [1.54, 1.807) is 12.1 Å². The lowest BCUT2D eigenvalue weighted by atomic mass is 10.5. The number of hydrogen-bond acceptors (Lipinski definition) is 12. The summed E-state index contributed by atoms with van der Waals surface area (Å²) in [4.78, 5) is 16.0. The summed E-state index contributed by atoms with van der Waals surface area (Å²) in [6.07, 6.45) is 4.26. The Morgan fingerprint density at radius 2 is 1.36 bits per heavy atom. The van der Waals surface area contributed by atoms with E-state index in [0.29, 0.717) is 28.2 Å². The molecule has 0 atom stereocenters. The molecular weight excluding hydrogens is 871 g/mol. The van der Waals surface area contributed by atoms with Gasteiger partial charge in [-0.2, -0.15) is 0 Å². The van der Waals surface area contributed by atoms with Gasteiger partial charge in [-0.25, -0.2) is 36.8 Å². The SMILES string of the molecule is O=S(=O)(Nc1ncc(Br)nc1Br)c1ccc(Cl)s1.O=S(=O)(Nc1ncc(Br)nc1OCc1ccco1)c1ccc(Cl)s1. The van der Waals surface area contributed by atoms with Crippen LogP contribution in [-0.4, -0.2) is 36.8 Å². The number of thiophene rings is 2. The summed E-state index contributed by atoms with van der Waals surface area (Å²) in [6.45, 7) is 0.0810. The number of aromatic nitrogens is 4. The summed E-state index contributed by atoms with van der Waals surface area (Å²) in [5.41, 5.74) is 0. The molecule has 2 N–H and O–H groups in total. The molecule has 5 aromatic heterocycles. The van der Waals surface area contributed by atoms with Crippen molar-refractivity contribution in [2.24, 2.45) is 0 Å². The highest BCUT2D eigenvalue weighted by Gasteiger charge is 2.21. The fraction of sp³-hybridized carbons (Fsp3) is 0.0476. The van der Waals surface area contributed by atoms with Crippen LogP contribution in [0.3, 0.4) is 0 Å². The van der Waals surface area contributed by atoms with Gasteiger partial charge < -0.3 is 9.15 Å². The zero-order valence-electron chi connectivity index (χ0n) is 20.2. The van der Waals surface area contributed by atoms with Gasteiger partial charge in [0.1, 0.15) is 30.0 Å². The molecule has 21 heteroatoms. The molecule has 0 fully saturated rings. The second-order valence-corrected chi connectivity index (χ2v) is 17.0. The summed E-state index contributed by atoms with van der Waals surface area (Å²) >= 11 is 22.8. The van der Waals surface area contributed by atoms with Crippen LogP contribution in [0.1, 0.15) is 5.76 Å². The summed E-state index contributed by atoms with van der Waals surface area (Å²) < 4.78 is 66.2. The highest BCUT2D eigenvalue weighted by molar-refractivity contribution is 9.11. The van der Waals surface area contributed by atoms with Gasteiger partial charge in [0.2, 0.25) is 5.82 Å². The highest BCUT2D eigenvalue weighted by atomic mass is 79.9. The van der Waals surface area contributed by atoms with E-state index in [9.17, 15) is 16.8 Å². The van der Waals surface area contributed by atoms with Gasteiger partial charge in [0.05, 0.1) is 27.3 Å². The fourth-order valence-corrected chi connectivity index (χ4v) is 9.00. The van der Waals surface area contributed by atoms with E-state index in [1.165, 1.54) is 42.9 Å². The number of sulfonamides is 2. The lowest BCUT2D eigenvalue weighted by Crippen LogP contribution is -2.14. The van der Waals surface area contributed by atoms with Gasteiger partial charge in [-0.05, 0) is 84.2 Å². The van der Waals surface area contributed by atoms with Gasteiger partial charge in [0.15, 0.2) is 10.4 Å². The second-order valence-electron chi connectivity index (χ2n) is 7.37. The number of hydrogen-bond donors (Lipinski definition) is 2. The third kappa shape index (κ3) is 9.08. The van der Waals surface area contributed by atoms with Crippen molar-refractivity contribution < 1.29 is 26.0 Å². The minimum atomic E-state index is -3.84. The van der Waals surface area contributed by atoms with Crippen LogP contribution in [-0.2, 0) is 26.7 Å². The average Bonchev–Trinajstić information content (AvgIpc) is 3.69. The van der Waals surface area contributed by atoms with Gasteiger partial charge in [-0.15, -0.1) is 22.7 Å². The van der Waals surface area contributed by atoms with Crippen molar-refractivity contribution >= 4 is 125 Å². The lowest BCUT2D eigenvalue weighted by Gasteiger charge is -2.10. The molecule has 0 amide bonds. The first-order chi connectivity index (χ1) is 19.8. The molecule has 0 aromatic carbocycles. The minimum absolute atomic E-state index is 0.0204. The first-order valence-electron chi connectivity index (χ1n) is 10.7. The molecule has 222 valence electrons. The van der Waals surface area contributed by atoms with Crippen LogP contribution in [0.2, 0.25) is 8.67 Å². The van der Waals surface area contributed by atoms with Gasteiger partial charge >= 0.3 is 0 Å². The summed E-state index contributed by atoms with van der Waals surface area (Å²) in [5.74, 6) is 0.666. The maximum Gasteiger partial charge on any atom is 0.272 e. The molecule has 0 aliphatic rings. The van der Waals surface area contributed by atoms with Crippen molar-refractivity contribution in [3.8, 4) is 5.88 Å².